The van der Waals surface area contributed by atoms with Crippen LogP contribution < -0.4 is 11.1 Å². The first-order chi connectivity index (χ1) is 7.99. The van der Waals surface area contributed by atoms with Crippen LogP contribution in [-0.4, -0.2) is 11.0 Å². The lowest BCUT2D eigenvalue weighted by Crippen LogP contribution is -2.39. The summed E-state index contributed by atoms with van der Waals surface area (Å²) in [6.07, 6.45) is 6.65. The quantitative estimate of drug-likeness (QED) is 0.845. The van der Waals surface area contributed by atoms with E-state index >= 15 is 0 Å². The van der Waals surface area contributed by atoms with E-state index in [-0.39, 0.29) is 0 Å². The van der Waals surface area contributed by atoms with Crippen LogP contribution in [-0.2, 0) is 0 Å². The third-order valence-electron chi connectivity index (χ3n) is 3.68. The van der Waals surface area contributed by atoms with Gasteiger partial charge in [-0.2, -0.15) is 0 Å². The van der Waals surface area contributed by atoms with Gasteiger partial charge in [-0.3, -0.25) is 0 Å². The van der Waals surface area contributed by atoms with Crippen molar-refractivity contribution in [3.05, 3.63) is 17.3 Å². The predicted octanol–water partition coefficient (Wildman–Crippen LogP) is 3.70. The molecule has 3 N–H and O–H groups in total. The van der Waals surface area contributed by atoms with Gasteiger partial charge in [0.2, 0.25) is 0 Å². The van der Waals surface area contributed by atoms with Gasteiger partial charge in [-0.25, -0.2) is 4.98 Å². The molecule has 0 aromatic carbocycles. The Morgan fingerprint density at radius 1 is 1.47 bits per heavy atom. The standard InChI is InChI=1S/C13H20ClN3/c1-13(2)6-4-3-5-11(13)17-12-10(14)7-9(15)8-16-12/h7-8,11H,3-6,15H2,1-2H3,(H,16,17). The van der Waals surface area contributed by atoms with E-state index < -0.39 is 0 Å². The number of anilines is 2. The second kappa shape index (κ2) is 4.73. The van der Waals surface area contributed by atoms with Crippen LogP contribution >= 0.6 is 11.6 Å². The fourth-order valence-corrected chi connectivity index (χ4v) is 2.71. The average molecular weight is 254 g/mol. The summed E-state index contributed by atoms with van der Waals surface area (Å²) in [5, 5.41) is 4.07. The molecular formula is C13H20ClN3. The van der Waals surface area contributed by atoms with Crippen molar-refractivity contribution in [3.63, 3.8) is 0 Å². The van der Waals surface area contributed by atoms with Crippen molar-refractivity contribution in [2.45, 2.75) is 45.6 Å². The summed E-state index contributed by atoms with van der Waals surface area (Å²) in [5.41, 5.74) is 6.54. The largest absolute Gasteiger partial charge is 0.397 e. The minimum atomic E-state index is 0.296. The number of hydrogen-bond acceptors (Lipinski definition) is 3. The first-order valence-electron chi connectivity index (χ1n) is 6.16. The number of nitrogens with one attached hydrogen (secondary N) is 1. The van der Waals surface area contributed by atoms with Crippen molar-refractivity contribution >= 4 is 23.1 Å². The Morgan fingerprint density at radius 3 is 2.88 bits per heavy atom. The van der Waals surface area contributed by atoms with Gasteiger partial charge in [0.05, 0.1) is 16.9 Å². The van der Waals surface area contributed by atoms with Gasteiger partial charge in [0.25, 0.3) is 0 Å². The van der Waals surface area contributed by atoms with Crippen LogP contribution in [0.25, 0.3) is 0 Å². The van der Waals surface area contributed by atoms with E-state index in [1.54, 1.807) is 12.3 Å². The summed E-state index contributed by atoms with van der Waals surface area (Å²) < 4.78 is 0. The Hall–Kier alpha value is -0.960. The highest BCUT2D eigenvalue weighted by Crippen LogP contribution is 2.37. The summed E-state index contributed by atoms with van der Waals surface area (Å²) >= 11 is 6.14. The molecule has 0 aliphatic heterocycles. The average Bonchev–Trinajstić information content (AvgIpc) is 2.24. The number of halogens is 1. The van der Waals surface area contributed by atoms with Crippen LogP contribution in [0, 0.1) is 5.41 Å². The van der Waals surface area contributed by atoms with E-state index in [9.17, 15) is 0 Å². The number of nitrogens with two attached hydrogens (primary N) is 1. The van der Waals surface area contributed by atoms with Crippen molar-refractivity contribution in [3.8, 4) is 0 Å². The molecule has 0 spiro atoms. The highest BCUT2D eigenvalue weighted by molar-refractivity contribution is 6.33. The lowest BCUT2D eigenvalue weighted by molar-refractivity contribution is 0.216. The molecular weight excluding hydrogens is 234 g/mol. The number of aromatic nitrogens is 1. The van der Waals surface area contributed by atoms with E-state index in [0.29, 0.717) is 22.2 Å². The van der Waals surface area contributed by atoms with Crippen LogP contribution in [0.15, 0.2) is 12.3 Å². The van der Waals surface area contributed by atoms with Crippen molar-refractivity contribution < 1.29 is 0 Å². The van der Waals surface area contributed by atoms with Gasteiger partial charge in [-0.15, -0.1) is 0 Å². The third-order valence-corrected chi connectivity index (χ3v) is 3.97. The molecule has 2 rings (SSSR count). The maximum Gasteiger partial charge on any atom is 0.145 e. The molecule has 1 aliphatic carbocycles. The molecule has 1 aliphatic rings. The van der Waals surface area contributed by atoms with E-state index in [0.717, 1.165) is 5.82 Å². The molecule has 3 nitrogen and oxygen atoms in total. The van der Waals surface area contributed by atoms with E-state index in [1.807, 2.05) is 0 Å². The number of hydrogen-bond donors (Lipinski definition) is 2. The van der Waals surface area contributed by atoms with Gasteiger partial charge in [0.1, 0.15) is 5.82 Å². The van der Waals surface area contributed by atoms with Crippen LogP contribution in [0.5, 0.6) is 0 Å². The number of pyridine rings is 1. The molecule has 1 heterocycles. The summed E-state index contributed by atoms with van der Waals surface area (Å²) in [7, 11) is 0. The van der Waals surface area contributed by atoms with Crippen molar-refractivity contribution in [2.75, 3.05) is 11.1 Å². The first kappa shape index (κ1) is 12.5. The molecule has 0 bridgehead atoms. The van der Waals surface area contributed by atoms with Gasteiger partial charge >= 0.3 is 0 Å². The molecule has 0 amide bonds. The molecule has 1 saturated carbocycles. The summed E-state index contributed by atoms with van der Waals surface area (Å²) in [6, 6.07) is 2.18. The zero-order valence-corrected chi connectivity index (χ0v) is 11.2. The second-order valence-corrected chi connectivity index (χ2v) is 5.94. The molecule has 1 unspecified atom stereocenters. The maximum absolute atomic E-state index is 6.14. The molecule has 4 heteroatoms. The number of nitrogen functional groups attached to an aromatic ring is 1. The molecule has 1 aromatic rings. The van der Waals surface area contributed by atoms with Gasteiger partial charge in [0, 0.05) is 6.04 Å². The normalized spacial score (nSPS) is 23.4. The topological polar surface area (TPSA) is 50.9 Å². The third kappa shape index (κ3) is 2.83. The minimum Gasteiger partial charge on any atom is -0.397 e. The molecule has 17 heavy (non-hydrogen) atoms. The van der Waals surface area contributed by atoms with Crippen molar-refractivity contribution in [2.24, 2.45) is 5.41 Å². The molecule has 94 valence electrons. The van der Waals surface area contributed by atoms with Crippen molar-refractivity contribution in [1.29, 1.82) is 0 Å². The Kier molecular flexibility index (Phi) is 3.48. The monoisotopic (exact) mass is 253 g/mol. The van der Waals surface area contributed by atoms with Crippen LogP contribution in [0.4, 0.5) is 11.5 Å². The molecule has 1 aromatic heterocycles. The molecule has 1 atom stereocenters. The Balaban J connectivity index is 2.14. The van der Waals surface area contributed by atoms with Crippen LogP contribution in [0.2, 0.25) is 5.02 Å². The molecule has 0 radical (unpaired) electrons. The highest BCUT2D eigenvalue weighted by atomic mass is 35.5. The highest BCUT2D eigenvalue weighted by Gasteiger charge is 2.32. The first-order valence-corrected chi connectivity index (χ1v) is 6.54. The van der Waals surface area contributed by atoms with Gasteiger partial charge in [-0.05, 0) is 24.3 Å². The Labute approximate surface area is 108 Å². The number of rotatable bonds is 2. The Bertz CT molecular complexity index is 404. The zero-order valence-electron chi connectivity index (χ0n) is 10.5. The summed E-state index contributed by atoms with van der Waals surface area (Å²) in [5.74, 6) is 0.751. The van der Waals surface area contributed by atoms with Gasteiger partial charge in [0.15, 0.2) is 0 Å². The Morgan fingerprint density at radius 2 is 2.24 bits per heavy atom. The zero-order chi connectivity index (χ0) is 12.5. The lowest BCUT2D eigenvalue weighted by atomic mass is 9.73. The van der Waals surface area contributed by atoms with Gasteiger partial charge in [-0.1, -0.05) is 38.3 Å². The SMILES string of the molecule is CC1(C)CCCCC1Nc1ncc(N)cc1Cl. The van der Waals surface area contributed by atoms with E-state index in [2.05, 4.69) is 24.1 Å². The number of nitrogens with zero attached hydrogens (tertiary/aromatic N) is 1. The molecule has 1 fully saturated rings. The maximum atomic E-state index is 6.14. The minimum absolute atomic E-state index is 0.296. The summed E-state index contributed by atoms with van der Waals surface area (Å²) in [4.78, 5) is 4.27. The van der Waals surface area contributed by atoms with Crippen molar-refractivity contribution in [1.82, 2.24) is 4.98 Å². The van der Waals surface area contributed by atoms with Crippen LogP contribution in [0.3, 0.4) is 0 Å². The van der Waals surface area contributed by atoms with Crippen LogP contribution in [0.1, 0.15) is 39.5 Å². The fraction of sp³-hybridized carbons (Fsp3) is 0.615. The fourth-order valence-electron chi connectivity index (χ4n) is 2.49. The second-order valence-electron chi connectivity index (χ2n) is 5.53. The smallest absolute Gasteiger partial charge is 0.145 e. The summed E-state index contributed by atoms with van der Waals surface area (Å²) in [6.45, 7) is 4.60. The van der Waals surface area contributed by atoms with E-state index in [1.165, 1.54) is 25.7 Å². The molecule has 0 saturated heterocycles. The van der Waals surface area contributed by atoms with Gasteiger partial charge < -0.3 is 11.1 Å². The lowest BCUT2D eigenvalue weighted by Gasteiger charge is -2.39. The predicted molar refractivity (Wildman–Crippen MR) is 73.3 cm³/mol. The van der Waals surface area contributed by atoms with E-state index in [4.69, 9.17) is 17.3 Å².